The molecule has 0 spiro atoms. The first-order valence-corrected chi connectivity index (χ1v) is 3.58. The van der Waals surface area contributed by atoms with E-state index in [-0.39, 0.29) is 5.82 Å². The number of halogens is 1. The summed E-state index contributed by atoms with van der Waals surface area (Å²) in [5, 5.41) is 0. The minimum absolute atomic E-state index is 0.229. The normalized spacial score (nSPS) is 8.36. The van der Waals surface area contributed by atoms with Gasteiger partial charge in [-0.3, -0.25) is 0 Å². The predicted molar refractivity (Wildman–Crippen MR) is 44.7 cm³/mol. The van der Waals surface area contributed by atoms with Gasteiger partial charge in [-0.05, 0) is 24.6 Å². The third-order valence-electron chi connectivity index (χ3n) is 0.958. The number of rotatable bonds is 0. The van der Waals surface area contributed by atoms with E-state index in [4.69, 9.17) is 5.73 Å². The molecule has 2 N–H and O–H groups in total. The maximum absolute atomic E-state index is 12.2. The van der Waals surface area contributed by atoms with Gasteiger partial charge in [0.25, 0.3) is 0 Å². The summed E-state index contributed by atoms with van der Waals surface area (Å²) in [5.41, 5.74) is 6.00. The zero-order chi connectivity index (χ0) is 8.85. The van der Waals surface area contributed by atoms with Crippen LogP contribution in [-0.2, 0) is 0 Å². The number of hydrogen-bond acceptors (Lipinski definition) is 2. The molecule has 1 rings (SSSR count). The van der Waals surface area contributed by atoms with E-state index in [1.165, 1.54) is 6.07 Å². The standard InChI is InChI=1S/C6H7FN2.C2H6/c1-4-2-5(7)9-6(8)3-4;1-2/h2-3H,1H3,(H2,8,9);1-2H3. The van der Waals surface area contributed by atoms with Crippen molar-refractivity contribution in [3.8, 4) is 0 Å². The van der Waals surface area contributed by atoms with Crippen LogP contribution in [0.3, 0.4) is 0 Å². The van der Waals surface area contributed by atoms with Crippen molar-refractivity contribution in [2.24, 2.45) is 0 Å². The molecule has 11 heavy (non-hydrogen) atoms. The number of anilines is 1. The highest BCUT2D eigenvalue weighted by atomic mass is 19.1. The van der Waals surface area contributed by atoms with Gasteiger partial charge in [-0.1, -0.05) is 13.8 Å². The Balaban J connectivity index is 0.000000461. The van der Waals surface area contributed by atoms with E-state index in [0.29, 0.717) is 0 Å². The highest BCUT2D eigenvalue weighted by molar-refractivity contribution is 5.31. The van der Waals surface area contributed by atoms with Gasteiger partial charge in [0, 0.05) is 0 Å². The van der Waals surface area contributed by atoms with Gasteiger partial charge in [-0.2, -0.15) is 4.39 Å². The van der Waals surface area contributed by atoms with Crippen molar-refractivity contribution in [3.63, 3.8) is 0 Å². The lowest BCUT2D eigenvalue weighted by Gasteiger charge is -1.93. The van der Waals surface area contributed by atoms with Crippen LogP contribution in [0.5, 0.6) is 0 Å². The maximum Gasteiger partial charge on any atom is 0.215 e. The molecule has 3 heteroatoms. The van der Waals surface area contributed by atoms with E-state index in [0.717, 1.165) is 5.56 Å². The summed E-state index contributed by atoms with van der Waals surface area (Å²) in [6.45, 7) is 5.76. The van der Waals surface area contributed by atoms with Gasteiger partial charge in [-0.25, -0.2) is 4.98 Å². The second kappa shape index (κ2) is 4.66. The first-order valence-electron chi connectivity index (χ1n) is 3.58. The zero-order valence-electron chi connectivity index (χ0n) is 7.06. The van der Waals surface area contributed by atoms with Gasteiger partial charge in [0.05, 0.1) is 0 Å². The summed E-state index contributed by atoms with van der Waals surface area (Å²) < 4.78 is 12.2. The van der Waals surface area contributed by atoms with E-state index in [9.17, 15) is 4.39 Å². The zero-order valence-corrected chi connectivity index (χ0v) is 7.06. The Morgan fingerprint density at radius 1 is 1.36 bits per heavy atom. The molecule has 2 nitrogen and oxygen atoms in total. The molecular formula is C8H13FN2. The molecule has 0 aliphatic rings. The summed E-state index contributed by atoms with van der Waals surface area (Å²) in [6.07, 6.45) is 0. The molecular weight excluding hydrogens is 143 g/mol. The molecule has 62 valence electrons. The van der Waals surface area contributed by atoms with E-state index >= 15 is 0 Å². The van der Waals surface area contributed by atoms with Crippen molar-refractivity contribution in [2.75, 3.05) is 5.73 Å². The smallest absolute Gasteiger partial charge is 0.215 e. The molecule has 0 radical (unpaired) electrons. The Kier molecular flexibility index (Phi) is 4.18. The average Bonchev–Trinajstić information content (AvgIpc) is 1.88. The monoisotopic (exact) mass is 156 g/mol. The van der Waals surface area contributed by atoms with Gasteiger partial charge in [0.15, 0.2) is 0 Å². The second-order valence-corrected chi connectivity index (χ2v) is 1.89. The number of aryl methyl sites for hydroxylation is 1. The van der Waals surface area contributed by atoms with Gasteiger partial charge in [0.1, 0.15) is 5.82 Å². The Bertz CT molecular complexity index is 173. The first kappa shape index (κ1) is 9.88. The molecule has 0 fully saturated rings. The molecule has 0 amide bonds. The Morgan fingerprint density at radius 2 is 1.91 bits per heavy atom. The van der Waals surface area contributed by atoms with Crippen molar-refractivity contribution in [3.05, 3.63) is 23.6 Å². The third-order valence-corrected chi connectivity index (χ3v) is 0.958. The van der Waals surface area contributed by atoms with Crippen molar-refractivity contribution >= 4 is 5.82 Å². The second-order valence-electron chi connectivity index (χ2n) is 1.89. The fourth-order valence-electron chi connectivity index (χ4n) is 0.651. The molecule has 1 aromatic heterocycles. The van der Waals surface area contributed by atoms with E-state index < -0.39 is 5.95 Å². The molecule has 1 aromatic rings. The lowest BCUT2D eigenvalue weighted by Crippen LogP contribution is -1.92. The van der Waals surface area contributed by atoms with Gasteiger partial charge < -0.3 is 5.73 Å². The van der Waals surface area contributed by atoms with Crippen molar-refractivity contribution < 1.29 is 4.39 Å². The SMILES string of the molecule is CC.Cc1cc(N)nc(F)c1. The summed E-state index contributed by atoms with van der Waals surface area (Å²) in [6, 6.07) is 2.94. The van der Waals surface area contributed by atoms with Crippen LogP contribution in [0.2, 0.25) is 0 Å². The summed E-state index contributed by atoms with van der Waals surface area (Å²) in [4.78, 5) is 3.35. The number of nitrogens with zero attached hydrogens (tertiary/aromatic N) is 1. The van der Waals surface area contributed by atoms with Gasteiger partial charge >= 0.3 is 0 Å². The van der Waals surface area contributed by atoms with Crippen LogP contribution in [0, 0.1) is 12.9 Å². The minimum Gasteiger partial charge on any atom is -0.384 e. The molecule has 0 unspecified atom stereocenters. The fraction of sp³-hybridized carbons (Fsp3) is 0.375. The first-order chi connectivity index (χ1) is 5.18. The van der Waals surface area contributed by atoms with Crippen LogP contribution in [0.25, 0.3) is 0 Å². The minimum atomic E-state index is -0.521. The molecule has 0 saturated carbocycles. The molecule has 1 heterocycles. The fourth-order valence-corrected chi connectivity index (χ4v) is 0.651. The quantitative estimate of drug-likeness (QED) is 0.584. The maximum atomic E-state index is 12.2. The molecule has 0 saturated heterocycles. The van der Waals surface area contributed by atoms with E-state index in [1.807, 2.05) is 13.8 Å². The number of pyridine rings is 1. The lowest BCUT2D eigenvalue weighted by molar-refractivity contribution is 0.584. The van der Waals surface area contributed by atoms with Crippen LogP contribution in [-0.4, -0.2) is 4.98 Å². The Labute approximate surface area is 66.3 Å². The average molecular weight is 156 g/mol. The Morgan fingerprint density at radius 3 is 2.27 bits per heavy atom. The van der Waals surface area contributed by atoms with Crippen LogP contribution in [0.15, 0.2) is 12.1 Å². The molecule has 0 aliphatic carbocycles. The molecule has 0 bridgehead atoms. The number of nitrogens with two attached hydrogens (primary N) is 1. The van der Waals surface area contributed by atoms with E-state index in [2.05, 4.69) is 4.98 Å². The third kappa shape index (κ3) is 3.55. The van der Waals surface area contributed by atoms with Gasteiger partial charge in [-0.15, -0.1) is 0 Å². The van der Waals surface area contributed by atoms with Crippen LogP contribution in [0.4, 0.5) is 10.2 Å². The summed E-state index contributed by atoms with van der Waals surface area (Å²) >= 11 is 0. The van der Waals surface area contributed by atoms with Crippen molar-refractivity contribution in [1.29, 1.82) is 0 Å². The highest BCUT2D eigenvalue weighted by Crippen LogP contribution is 2.03. The number of hydrogen-bond donors (Lipinski definition) is 1. The van der Waals surface area contributed by atoms with Crippen molar-refractivity contribution in [1.82, 2.24) is 4.98 Å². The number of aromatic nitrogens is 1. The largest absolute Gasteiger partial charge is 0.384 e. The Hall–Kier alpha value is -1.12. The van der Waals surface area contributed by atoms with Crippen LogP contribution >= 0.6 is 0 Å². The topological polar surface area (TPSA) is 38.9 Å². The predicted octanol–water partition coefficient (Wildman–Crippen LogP) is 2.14. The summed E-state index contributed by atoms with van der Waals surface area (Å²) in [7, 11) is 0. The molecule has 0 aliphatic heterocycles. The van der Waals surface area contributed by atoms with Gasteiger partial charge in [0.2, 0.25) is 5.95 Å². The highest BCUT2D eigenvalue weighted by Gasteiger charge is 1.92. The van der Waals surface area contributed by atoms with E-state index in [1.54, 1.807) is 13.0 Å². The van der Waals surface area contributed by atoms with Crippen LogP contribution in [0.1, 0.15) is 19.4 Å². The summed E-state index contributed by atoms with van der Waals surface area (Å²) in [5.74, 6) is -0.292. The lowest BCUT2D eigenvalue weighted by atomic mass is 10.3. The number of nitrogen functional groups attached to an aromatic ring is 1. The molecule has 0 atom stereocenters. The van der Waals surface area contributed by atoms with Crippen molar-refractivity contribution in [2.45, 2.75) is 20.8 Å². The molecule has 0 aromatic carbocycles. The van der Waals surface area contributed by atoms with Crippen LogP contribution < -0.4 is 5.73 Å².